The summed E-state index contributed by atoms with van der Waals surface area (Å²) < 4.78 is 20.7. The van der Waals surface area contributed by atoms with Crippen LogP contribution < -0.4 is 4.74 Å². The van der Waals surface area contributed by atoms with Crippen LogP contribution in [0.5, 0.6) is 5.75 Å². The van der Waals surface area contributed by atoms with Crippen molar-refractivity contribution in [3.8, 4) is 5.75 Å². The summed E-state index contributed by atoms with van der Waals surface area (Å²) in [5.41, 5.74) is 0.844. The van der Waals surface area contributed by atoms with E-state index >= 15 is 0 Å². The van der Waals surface area contributed by atoms with Crippen LogP contribution >= 0.6 is 0 Å². The lowest BCUT2D eigenvalue weighted by molar-refractivity contribution is 0.318. The van der Waals surface area contributed by atoms with Crippen LogP contribution in [0.15, 0.2) is 42.5 Å². The predicted molar refractivity (Wildman–Crippen MR) is 110 cm³/mol. The van der Waals surface area contributed by atoms with E-state index in [9.17, 15) is 4.39 Å². The zero-order chi connectivity index (χ0) is 18.4. The lowest BCUT2D eigenvalue weighted by Gasteiger charge is -2.11. The van der Waals surface area contributed by atoms with Gasteiger partial charge in [0.05, 0.1) is 6.61 Å². The fraction of sp³-hybridized carbons (Fsp3) is 0.417. The van der Waals surface area contributed by atoms with Crippen molar-refractivity contribution in [1.82, 2.24) is 0 Å². The molecule has 0 heterocycles. The Bertz CT molecular complexity index is 869. The Hall–Kier alpha value is -2.09. The van der Waals surface area contributed by atoms with Crippen molar-refractivity contribution in [3.05, 3.63) is 53.8 Å². The second-order valence-electron chi connectivity index (χ2n) is 7.09. The first-order valence-corrected chi connectivity index (χ1v) is 10.0. The van der Waals surface area contributed by atoms with Gasteiger partial charge in [0, 0.05) is 5.39 Å². The zero-order valence-electron chi connectivity index (χ0n) is 16.0. The molecule has 0 aromatic heterocycles. The summed E-state index contributed by atoms with van der Waals surface area (Å²) >= 11 is 0. The highest BCUT2D eigenvalue weighted by Gasteiger charge is 2.10. The number of rotatable bonds is 9. The van der Waals surface area contributed by atoms with Gasteiger partial charge in [0.2, 0.25) is 0 Å². The van der Waals surface area contributed by atoms with E-state index in [0.717, 1.165) is 58.7 Å². The number of halogens is 1. The lowest BCUT2D eigenvalue weighted by Crippen LogP contribution is -1.95. The van der Waals surface area contributed by atoms with Crippen molar-refractivity contribution in [3.63, 3.8) is 0 Å². The minimum atomic E-state index is -0.0498. The molecular formula is C24H29FO. The number of fused-ring (bicyclic) bond motifs is 3. The molecule has 3 aromatic carbocycles. The SMILES string of the molecule is CCCCCCCc1ccc2c(ccc3cc(OCCC)ccc32)c1F. The fourth-order valence-corrected chi connectivity index (χ4v) is 3.55. The minimum absolute atomic E-state index is 0.0498. The molecule has 26 heavy (non-hydrogen) atoms. The first-order valence-electron chi connectivity index (χ1n) is 10.0. The van der Waals surface area contributed by atoms with Crippen molar-refractivity contribution in [2.24, 2.45) is 0 Å². The normalized spacial score (nSPS) is 11.3. The molecule has 0 saturated heterocycles. The summed E-state index contributed by atoms with van der Waals surface area (Å²) in [7, 11) is 0. The van der Waals surface area contributed by atoms with Gasteiger partial charge in [0.25, 0.3) is 0 Å². The molecule has 138 valence electrons. The molecule has 0 saturated carbocycles. The van der Waals surface area contributed by atoms with Gasteiger partial charge in [-0.1, -0.05) is 69.9 Å². The average Bonchev–Trinajstić information content (AvgIpc) is 2.67. The third-order valence-electron chi connectivity index (χ3n) is 5.03. The molecule has 0 aliphatic heterocycles. The molecule has 0 amide bonds. The third-order valence-corrected chi connectivity index (χ3v) is 5.03. The van der Waals surface area contributed by atoms with Crippen LogP contribution in [0, 0.1) is 5.82 Å². The Kier molecular flexibility index (Phi) is 6.49. The van der Waals surface area contributed by atoms with Gasteiger partial charge >= 0.3 is 0 Å². The molecule has 0 spiro atoms. The summed E-state index contributed by atoms with van der Waals surface area (Å²) in [5, 5.41) is 3.89. The molecule has 0 bridgehead atoms. The van der Waals surface area contributed by atoms with E-state index in [-0.39, 0.29) is 5.82 Å². The van der Waals surface area contributed by atoms with Gasteiger partial charge in [-0.15, -0.1) is 0 Å². The third kappa shape index (κ3) is 4.17. The topological polar surface area (TPSA) is 9.23 Å². The molecule has 0 atom stereocenters. The minimum Gasteiger partial charge on any atom is -0.494 e. The Morgan fingerprint density at radius 2 is 1.54 bits per heavy atom. The molecule has 3 rings (SSSR count). The zero-order valence-corrected chi connectivity index (χ0v) is 16.0. The van der Waals surface area contributed by atoms with Crippen LogP contribution in [0.25, 0.3) is 21.5 Å². The number of hydrogen-bond donors (Lipinski definition) is 0. The van der Waals surface area contributed by atoms with Gasteiger partial charge in [0.15, 0.2) is 0 Å². The van der Waals surface area contributed by atoms with Gasteiger partial charge in [-0.3, -0.25) is 0 Å². The highest BCUT2D eigenvalue weighted by atomic mass is 19.1. The van der Waals surface area contributed by atoms with Crippen LogP contribution in [0.2, 0.25) is 0 Å². The molecule has 0 aliphatic carbocycles. The van der Waals surface area contributed by atoms with E-state index in [2.05, 4.69) is 19.9 Å². The van der Waals surface area contributed by atoms with Crippen LogP contribution in [-0.2, 0) is 6.42 Å². The number of ether oxygens (including phenoxy) is 1. The fourth-order valence-electron chi connectivity index (χ4n) is 3.55. The van der Waals surface area contributed by atoms with Crippen molar-refractivity contribution in [1.29, 1.82) is 0 Å². The van der Waals surface area contributed by atoms with E-state index in [1.807, 2.05) is 36.4 Å². The molecule has 1 nitrogen and oxygen atoms in total. The smallest absolute Gasteiger partial charge is 0.134 e. The number of hydrogen-bond acceptors (Lipinski definition) is 1. The van der Waals surface area contributed by atoms with Crippen LogP contribution in [0.1, 0.15) is 57.9 Å². The first kappa shape index (κ1) is 18.7. The summed E-state index contributed by atoms with van der Waals surface area (Å²) in [6.45, 7) is 5.03. The molecule has 0 N–H and O–H groups in total. The lowest BCUT2D eigenvalue weighted by atomic mass is 9.97. The van der Waals surface area contributed by atoms with E-state index in [1.165, 1.54) is 25.7 Å². The summed E-state index contributed by atoms with van der Waals surface area (Å²) in [6.07, 6.45) is 7.82. The maximum atomic E-state index is 15.0. The van der Waals surface area contributed by atoms with E-state index in [1.54, 1.807) is 0 Å². The average molecular weight is 352 g/mol. The first-order chi connectivity index (χ1) is 12.7. The Balaban J connectivity index is 1.85. The molecule has 3 aromatic rings. The Morgan fingerprint density at radius 3 is 2.35 bits per heavy atom. The largest absolute Gasteiger partial charge is 0.494 e. The van der Waals surface area contributed by atoms with Gasteiger partial charge in [0.1, 0.15) is 11.6 Å². The van der Waals surface area contributed by atoms with Gasteiger partial charge in [-0.25, -0.2) is 4.39 Å². The highest BCUT2D eigenvalue weighted by molar-refractivity contribution is 6.08. The van der Waals surface area contributed by atoms with Crippen molar-refractivity contribution < 1.29 is 9.13 Å². The van der Waals surface area contributed by atoms with E-state index in [4.69, 9.17) is 4.74 Å². The van der Waals surface area contributed by atoms with E-state index < -0.39 is 0 Å². The van der Waals surface area contributed by atoms with Crippen molar-refractivity contribution in [2.75, 3.05) is 6.61 Å². The van der Waals surface area contributed by atoms with Gasteiger partial charge < -0.3 is 4.74 Å². The maximum absolute atomic E-state index is 15.0. The van der Waals surface area contributed by atoms with Gasteiger partial charge in [-0.2, -0.15) is 0 Å². The summed E-state index contributed by atoms with van der Waals surface area (Å²) in [6, 6.07) is 14.0. The molecule has 0 radical (unpaired) electrons. The molecule has 0 fully saturated rings. The number of unbranched alkanes of at least 4 members (excludes halogenated alkanes) is 4. The Labute approximate surface area is 156 Å². The van der Waals surface area contributed by atoms with E-state index in [0.29, 0.717) is 0 Å². The second-order valence-corrected chi connectivity index (χ2v) is 7.09. The second kappa shape index (κ2) is 9.02. The predicted octanol–water partition coefficient (Wildman–Crippen LogP) is 7.43. The summed E-state index contributed by atoms with van der Waals surface area (Å²) in [5.74, 6) is 0.828. The number of aryl methyl sites for hydroxylation is 1. The maximum Gasteiger partial charge on any atom is 0.134 e. The molecule has 0 unspecified atom stereocenters. The Morgan fingerprint density at radius 1 is 0.769 bits per heavy atom. The quantitative estimate of drug-likeness (QED) is 0.287. The number of benzene rings is 3. The monoisotopic (exact) mass is 352 g/mol. The van der Waals surface area contributed by atoms with Gasteiger partial charge in [-0.05, 0) is 53.1 Å². The standard InChI is InChI=1S/C24H29FO/c1-3-5-6-7-8-9-18-10-13-22-21-15-12-20(26-16-4-2)17-19(21)11-14-23(22)24(18)25/h10-15,17H,3-9,16H2,1-2H3. The molecule has 2 heteroatoms. The van der Waals surface area contributed by atoms with Crippen LogP contribution in [0.4, 0.5) is 4.39 Å². The van der Waals surface area contributed by atoms with Crippen molar-refractivity contribution >= 4 is 21.5 Å². The highest BCUT2D eigenvalue weighted by Crippen LogP contribution is 2.31. The van der Waals surface area contributed by atoms with Crippen LogP contribution in [-0.4, -0.2) is 6.61 Å². The molecule has 0 aliphatic rings. The van der Waals surface area contributed by atoms with Crippen LogP contribution in [0.3, 0.4) is 0 Å². The summed E-state index contributed by atoms with van der Waals surface area (Å²) in [4.78, 5) is 0. The molecular weight excluding hydrogens is 323 g/mol. The van der Waals surface area contributed by atoms with Crippen molar-refractivity contribution in [2.45, 2.75) is 58.8 Å².